The number of imidazole rings is 1. The molecule has 4 atom stereocenters. The maximum Gasteiger partial charge on any atom is 0.250 e. The number of hydrogen-bond donors (Lipinski definition) is 4. The van der Waals surface area contributed by atoms with Crippen LogP contribution < -0.4 is 16.0 Å². The number of aromatic nitrogens is 2. The topological polar surface area (TPSA) is 157 Å². The predicted octanol–water partition coefficient (Wildman–Crippen LogP) is 3.70. The zero-order valence-corrected chi connectivity index (χ0v) is 30.8. The first-order valence-corrected chi connectivity index (χ1v) is 19.5. The van der Waals surface area contributed by atoms with Crippen molar-refractivity contribution in [2.45, 2.75) is 95.3 Å². The van der Waals surface area contributed by atoms with Gasteiger partial charge in [-0.3, -0.25) is 24.0 Å². The van der Waals surface area contributed by atoms with Crippen LogP contribution in [0.25, 0.3) is 0 Å². The van der Waals surface area contributed by atoms with E-state index in [2.05, 4.69) is 37.8 Å². The van der Waals surface area contributed by atoms with Gasteiger partial charge in [-0.25, -0.2) is 4.98 Å². The molecule has 7 rings (SSSR count). The number of benzene rings is 2. The Morgan fingerprint density at radius 3 is 2.19 bits per heavy atom. The van der Waals surface area contributed by atoms with Crippen molar-refractivity contribution in [3.05, 3.63) is 89.0 Å². The Hall–Kier alpha value is -5.44. The van der Waals surface area contributed by atoms with Gasteiger partial charge < -0.3 is 30.7 Å². The number of carbonyl (C=O) groups excluding carboxylic acids is 5. The van der Waals surface area contributed by atoms with E-state index in [1.54, 1.807) is 11.1 Å². The Morgan fingerprint density at radius 1 is 0.796 bits per heavy atom. The van der Waals surface area contributed by atoms with Crippen LogP contribution in [-0.4, -0.2) is 81.0 Å². The molecule has 2 saturated carbocycles. The minimum absolute atomic E-state index is 0.0209. The van der Waals surface area contributed by atoms with Crippen LogP contribution in [-0.2, 0) is 30.4 Å². The van der Waals surface area contributed by atoms with Crippen molar-refractivity contribution in [3.63, 3.8) is 0 Å². The molecule has 0 unspecified atom stereocenters. The minimum atomic E-state index is -0.815. The largest absolute Gasteiger partial charge is 0.354 e. The van der Waals surface area contributed by atoms with E-state index >= 15 is 0 Å². The zero-order valence-electron chi connectivity index (χ0n) is 30.8. The first-order valence-electron chi connectivity index (χ1n) is 19.5. The molecule has 1 aromatic heterocycles. The van der Waals surface area contributed by atoms with Crippen LogP contribution in [0, 0.1) is 23.7 Å². The smallest absolute Gasteiger partial charge is 0.250 e. The Balaban J connectivity index is 0.898. The van der Waals surface area contributed by atoms with Gasteiger partial charge >= 0.3 is 0 Å². The average molecular weight is 732 g/mol. The molecule has 12 nitrogen and oxygen atoms in total. The first kappa shape index (κ1) is 36.9. The van der Waals surface area contributed by atoms with Crippen molar-refractivity contribution >= 4 is 29.5 Å². The molecular formula is C42H49N7O5. The van der Waals surface area contributed by atoms with Crippen LogP contribution in [0.1, 0.15) is 105 Å². The maximum atomic E-state index is 13.8. The quantitative estimate of drug-likeness (QED) is 0.197. The molecule has 12 heteroatoms. The number of amides is 5. The first-order chi connectivity index (χ1) is 26.3. The summed E-state index contributed by atoms with van der Waals surface area (Å²) in [6.07, 6.45) is 9.31. The Kier molecular flexibility index (Phi) is 11.4. The van der Waals surface area contributed by atoms with E-state index in [9.17, 15) is 24.0 Å². The van der Waals surface area contributed by atoms with Gasteiger partial charge in [-0.05, 0) is 93.4 Å². The zero-order chi connectivity index (χ0) is 37.6. The SMILES string of the molecule is CC[C@@H](NC(=O)C1CC1)C(=O)N1CCC[C@H]1c1ncc(C#Cc2ccc(CCNC(=O)[C@@H]3CCCN3C(=O)[C@H](NC(=O)C3CC3)c3ccccc3)cc2)[nH]1. The van der Waals surface area contributed by atoms with Crippen molar-refractivity contribution in [2.24, 2.45) is 11.8 Å². The lowest BCUT2D eigenvalue weighted by molar-refractivity contribution is -0.141. The number of H-pyrrole nitrogens is 1. The van der Waals surface area contributed by atoms with Gasteiger partial charge in [-0.15, -0.1) is 0 Å². The van der Waals surface area contributed by atoms with E-state index in [0.29, 0.717) is 56.0 Å². The van der Waals surface area contributed by atoms with Crippen molar-refractivity contribution in [3.8, 4) is 11.8 Å². The molecule has 3 heterocycles. The molecule has 5 amide bonds. The number of nitrogens with one attached hydrogen (secondary N) is 4. The second kappa shape index (κ2) is 16.7. The molecule has 4 N–H and O–H groups in total. The molecule has 0 bridgehead atoms. The van der Waals surface area contributed by atoms with Crippen LogP contribution >= 0.6 is 0 Å². The van der Waals surface area contributed by atoms with Crippen LogP contribution in [0.5, 0.6) is 0 Å². The van der Waals surface area contributed by atoms with E-state index in [0.717, 1.165) is 56.1 Å². The second-order valence-corrected chi connectivity index (χ2v) is 14.9. The van der Waals surface area contributed by atoms with Gasteiger partial charge in [0.2, 0.25) is 29.5 Å². The van der Waals surface area contributed by atoms with E-state index in [1.165, 1.54) is 0 Å². The highest BCUT2D eigenvalue weighted by Crippen LogP contribution is 2.33. The molecule has 2 aromatic carbocycles. The molecule has 4 fully saturated rings. The van der Waals surface area contributed by atoms with Gasteiger partial charge in [-0.2, -0.15) is 0 Å². The fraction of sp³-hybridized carbons (Fsp3) is 0.476. The monoisotopic (exact) mass is 731 g/mol. The third-order valence-electron chi connectivity index (χ3n) is 10.9. The molecule has 0 radical (unpaired) electrons. The van der Waals surface area contributed by atoms with Crippen LogP contribution in [0.2, 0.25) is 0 Å². The highest BCUT2D eigenvalue weighted by atomic mass is 16.2. The van der Waals surface area contributed by atoms with Gasteiger partial charge in [0.15, 0.2) is 0 Å². The number of nitrogens with zero attached hydrogens (tertiary/aromatic N) is 3. The number of carbonyl (C=O) groups is 5. The predicted molar refractivity (Wildman–Crippen MR) is 201 cm³/mol. The lowest BCUT2D eigenvalue weighted by Gasteiger charge is -2.29. The van der Waals surface area contributed by atoms with E-state index < -0.39 is 18.1 Å². The fourth-order valence-corrected chi connectivity index (χ4v) is 7.41. The average Bonchev–Trinajstić information content (AvgIpc) is 4.07. The van der Waals surface area contributed by atoms with Crippen LogP contribution in [0.15, 0.2) is 60.8 Å². The Morgan fingerprint density at radius 2 is 1.48 bits per heavy atom. The highest BCUT2D eigenvalue weighted by Gasteiger charge is 2.40. The summed E-state index contributed by atoms with van der Waals surface area (Å²) in [6.45, 7) is 3.45. The molecule has 0 spiro atoms. The van der Waals surface area contributed by atoms with E-state index in [4.69, 9.17) is 0 Å². The van der Waals surface area contributed by atoms with Gasteiger partial charge in [0.1, 0.15) is 29.6 Å². The van der Waals surface area contributed by atoms with Crippen LogP contribution in [0.3, 0.4) is 0 Å². The van der Waals surface area contributed by atoms with Gasteiger partial charge in [-0.1, -0.05) is 55.3 Å². The Bertz CT molecular complexity index is 1910. The van der Waals surface area contributed by atoms with E-state index in [1.807, 2.05) is 66.4 Å². The number of rotatable bonds is 13. The van der Waals surface area contributed by atoms with Crippen molar-refractivity contribution in [1.29, 1.82) is 0 Å². The third kappa shape index (κ3) is 8.84. The van der Waals surface area contributed by atoms with Crippen LogP contribution in [0.4, 0.5) is 0 Å². The lowest BCUT2D eigenvalue weighted by atomic mass is 10.0. The number of hydrogen-bond acceptors (Lipinski definition) is 6. The molecule has 2 aliphatic heterocycles. The van der Waals surface area contributed by atoms with Crippen molar-refractivity contribution in [1.82, 2.24) is 35.7 Å². The van der Waals surface area contributed by atoms with Gasteiger partial charge in [0.25, 0.3) is 0 Å². The van der Waals surface area contributed by atoms with Crippen molar-refractivity contribution in [2.75, 3.05) is 19.6 Å². The molecule has 2 saturated heterocycles. The summed E-state index contributed by atoms with van der Waals surface area (Å²) in [6, 6.07) is 15.0. The molecule has 282 valence electrons. The summed E-state index contributed by atoms with van der Waals surface area (Å²) in [5.41, 5.74) is 3.24. The number of aromatic amines is 1. The summed E-state index contributed by atoms with van der Waals surface area (Å²) in [5.74, 6) is 6.43. The van der Waals surface area contributed by atoms with E-state index in [-0.39, 0.29) is 47.4 Å². The molecular weight excluding hydrogens is 683 g/mol. The second-order valence-electron chi connectivity index (χ2n) is 14.9. The molecule has 2 aliphatic carbocycles. The highest BCUT2D eigenvalue weighted by molar-refractivity contribution is 5.94. The summed E-state index contributed by atoms with van der Waals surface area (Å²) in [4.78, 5) is 76.8. The molecule has 3 aromatic rings. The number of likely N-dealkylation sites (tertiary alicyclic amines) is 2. The Labute approximate surface area is 316 Å². The summed E-state index contributed by atoms with van der Waals surface area (Å²) < 4.78 is 0. The van der Waals surface area contributed by atoms with Gasteiger partial charge in [0, 0.05) is 37.0 Å². The maximum absolute atomic E-state index is 13.8. The standard InChI is InChI=1S/C42H49N7O5/c1-2-33(46-38(50)30-17-18-30)41(53)48-24-6-10-34(48)37-44-26-32(45-37)21-16-27-12-14-28(15-13-27)22-23-43-40(52)35-11-7-25-49(35)42(54)36(29-8-4-3-5-9-29)47-39(51)31-19-20-31/h3-5,8-9,12-15,26,30-31,33-36H,2,6-7,10-11,17-20,22-25H2,1H3,(H,43,52)(H,44,45)(H,46,50)(H,47,51)/t33-,34+,35+,36-/m1/s1. The van der Waals surface area contributed by atoms with Gasteiger partial charge in [0.05, 0.1) is 12.2 Å². The molecule has 54 heavy (non-hydrogen) atoms. The summed E-state index contributed by atoms with van der Waals surface area (Å²) >= 11 is 0. The lowest BCUT2D eigenvalue weighted by Crippen LogP contribution is -2.50. The molecule has 4 aliphatic rings. The fourth-order valence-electron chi connectivity index (χ4n) is 7.41. The third-order valence-corrected chi connectivity index (χ3v) is 10.9. The van der Waals surface area contributed by atoms with Crippen molar-refractivity contribution < 1.29 is 24.0 Å². The normalized spacial score (nSPS) is 20.4. The summed E-state index contributed by atoms with van der Waals surface area (Å²) in [7, 11) is 0. The summed E-state index contributed by atoms with van der Waals surface area (Å²) in [5, 5.41) is 8.92. The minimum Gasteiger partial charge on any atom is -0.354 e.